The van der Waals surface area contributed by atoms with Crippen LogP contribution in [0.3, 0.4) is 0 Å². The highest BCUT2D eigenvalue weighted by atomic mass is 16.5. The third-order valence-corrected chi connectivity index (χ3v) is 5.30. The molecular formula is C19H28N2O4. The maximum absolute atomic E-state index is 13.0. The number of benzene rings is 1. The van der Waals surface area contributed by atoms with Crippen molar-refractivity contribution in [3.05, 3.63) is 17.7 Å². The molecule has 1 aromatic rings. The largest absolute Gasteiger partial charge is 0.493 e. The summed E-state index contributed by atoms with van der Waals surface area (Å²) in [6.07, 6.45) is 2.68. The molecule has 1 amide bonds. The van der Waals surface area contributed by atoms with E-state index in [9.17, 15) is 4.79 Å². The maximum Gasteiger partial charge on any atom is 0.227 e. The number of methoxy groups -OCH3 is 3. The highest BCUT2D eigenvalue weighted by Crippen LogP contribution is 2.38. The summed E-state index contributed by atoms with van der Waals surface area (Å²) in [7, 11) is 6.91. The number of ether oxygens (including phenoxy) is 3. The van der Waals surface area contributed by atoms with Crippen LogP contribution in [0.5, 0.6) is 17.2 Å². The molecule has 0 N–H and O–H groups in total. The lowest BCUT2D eigenvalue weighted by atomic mass is 9.94. The number of fused-ring (bicyclic) bond motifs is 4. The van der Waals surface area contributed by atoms with E-state index >= 15 is 0 Å². The van der Waals surface area contributed by atoms with Crippen LogP contribution in [0, 0.1) is 5.92 Å². The first-order valence-corrected chi connectivity index (χ1v) is 8.82. The SMILES string of the molecule is COc1cc(CC(=O)N2C[C@@H]3CC[C@H]2CN(C)C3)cc(OC)c1OC. The Morgan fingerprint density at radius 2 is 1.72 bits per heavy atom. The monoisotopic (exact) mass is 348 g/mol. The summed E-state index contributed by atoms with van der Waals surface area (Å²) in [6, 6.07) is 4.06. The standard InChI is InChI=1S/C19H28N2O4/c1-20-10-13-5-6-15(12-20)21(11-13)18(22)9-14-7-16(23-2)19(25-4)17(8-14)24-3/h7-8,13,15H,5-6,9-12H2,1-4H3/t13-,15+/m1/s1. The predicted molar refractivity (Wildman–Crippen MR) is 95.5 cm³/mol. The molecule has 3 aliphatic rings. The molecule has 0 saturated carbocycles. The molecule has 3 fully saturated rings. The molecule has 3 aliphatic heterocycles. The molecule has 25 heavy (non-hydrogen) atoms. The minimum Gasteiger partial charge on any atom is -0.493 e. The van der Waals surface area contributed by atoms with E-state index in [4.69, 9.17) is 14.2 Å². The van der Waals surface area contributed by atoms with Crippen molar-refractivity contribution in [3.8, 4) is 17.2 Å². The van der Waals surface area contributed by atoms with Gasteiger partial charge in [0.25, 0.3) is 0 Å². The van der Waals surface area contributed by atoms with E-state index in [1.54, 1.807) is 21.3 Å². The van der Waals surface area contributed by atoms with E-state index in [0.717, 1.165) is 31.6 Å². The van der Waals surface area contributed by atoms with Gasteiger partial charge in [-0.2, -0.15) is 0 Å². The van der Waals surface area contributed by atoms with Gasteiger partial charge in [-0.3, -0.25) is 4.79 Å². The van der Waals surface area contributed by atoms with Crippen LogP contribution in [0.15, 0.2) is 12.1 Å². The van der Waals surface area contributed by atoms with Crippen LogP contribution in [0.1, 0.15) is 18.4 Å². The van der Waals surface area contributed by atoms with Crippen molar-refractivity contribution < 1.29 is 19.0 Å². The summed E-state index contributed by atoms with van der Waals surface area (Å²) in [5.41, 5.74) is 0.882. The van der Waals surface area contributed by atoms with E-state index in [0.29, 0.717) is 35.6 Å². The van der Waals surface area contributed by atoms with Crippen molar-refractivity contribution in [2.24, 2.45) is 5.92 Å². The molecule has 0 aliphatic carbocycles. The number of hydrogen-bond donors (Lipinski definition) is 0. The molecule has 0 radical (unpaired) electrons. The zero-order chi connectivity index (χ0) is 18.0. The van der Waals surface area contributed by atoms with Gasteiger partial charge in [-0.15, -0.1) is 0 Å². The number of rotatable bonds is 5. The lowest BCUT2D eigenvalue weighted by Gasteiger charge is -2.36. The summed E-state index contributed by atoms with van der Waals surface area (Å²) in [4.78, 5) is 17.4. The van der Waals surface area contributed by atoms with Gasteiger partial charge in [-0.25, -0.2) is 0 Å². The Hall–Kier alpha value is -1.95. The first-order valence-electron chi connectivity index (χ1n) is 8.82. The minimum atomic E-state index is 0.180. The Kier molecular flexibility index (Phi) is 5.37. The van der Waals surface area contributed by atoms with Gasteiger partial charge in [0.2, 0.25) is 11.7 Å². The summed E-state index contributed by atoms with van der Waals surface area (Å²) in [5, 5.41) is 0. The molecule has 4 rings (SSSR count). The Bertz CT molecular complexity index is 609. The average molecular weight is 348 g/mol. The lowest BCUT2D eigenvalue weighted by molar-refractivity contribution is -0.134. The predicted octanol–water partition coefficient (Wildman–Crippen LogP) is 1.81. The van der Waals surface area contributed by atoms with Crippen molar-refractivity contribution in [1.29, 1.82) is 0 Å². The molecule has 6 nitrogen and oxygen atoms in total. The van der Waals surface area contributed by atoms with Gasteiger partial charge in [0.15, 0.2) is 11.5 Å². The number of hydrogen-bond acceptors (Lipinski definition) is 5. The van der Waals surface area contributed by atoms with Gasteiger partial charge in [-0.1, -0.05) is 0 Å². The smallest absolute Gasteiger partial charge is 0.227 e. The maximum atomic E-state index is 13.0. The number of amides is 1. The second kappa shape index (κ2) is 7.52. The van der Waals surface area contributed by atoms with Gasteiger partial charge < -0.3 is 24.0 Å². The molecule has 6 heteroatoms. The third kappa shape index (κ3) is 3.68. The molecule has 2 atom stereocenters. The van der Waals surface area contributed by atoms with Crippen molar-refractivity contribution in [1.82, 2.24) is 9.80 Å². The second-order valence-electron chi connectivity index (χ2n) is 7.07. The van der Waals surface area contributed by atoms with Crippen molar-refractivity contribution >= 4 is 5.91 Å². The number of carbonyl (C=O) groups excluding carboxylic acids is 1. The zero-order valence-electron chi connectivity index (χ0n) is 15.6. The Balaban J connectivity index is 1.79. The van der Waals surface area contributed by atoms with Crippen LogP contribution in [0.25, 0.3) is 0 Å². The Morgan fingerprint density at radius 1 is 1.04 bits per heavy atom. The molecule has 3 heterocycles. The average Bonchev–Trinajstić information content (AvgIpc) is 2.89. The Morgan fingerprint density at radius 3 is 2.32 bits per heavy atom. The zero-order valence-corrected chi connectivity index (χ0v) is 15.6. The molecule has 0 unspecified atom stereocenters. The quantitative estimate of drug-likeness (QED) is 0.812. The fourth-order valence-corrected chi connectivity index (χ4v) is 4.14. The number of likely N-dealkylation sites (N-methyl/N-ethyl adjacent to an activating group) is 1. The van der Waals surface area contributed by atoms with Crippen molar-refractivity contribution in [2.75, 3.05) is 48.0 Å². The molecule has 2 bridgehead atoms. The summed E-state index contributed by atoms with van der Waals surface area (Å²) >= 11 is 0. The van der Waals surface area contributed by atoms with E-state index in [2.05, 4.69) is 16.8 Å². The number of carbonyl (C=O) groups is 1. The molecule has 0 aromatic heterocycles. The van der Waals surface area contributed by atoms with Gasteiger partial charge >= 0.3 is 0 Å². The van der Waals surface area contributed by atoms with E-state index in [-0.39, 0.29) is 5.91 Å². The second-order valence-corrected chi connectivity index (χ2v) is 7.07. The van der Waals surface area contributed by atoms with E-state index in [1.807, 2.05) is 12.1 Å². The van der Waals surface area contributed by atoms with E-state index < -0.39 is 0 Å². The highest BCUT2D eigenvalue weighted by molar-refractivity contribution is 5.80. The van der Waals surface area contributed by atoms with Gasteiger partial charge in [0.05, 0.1) is 27.8 Å². The first kappa shape index (κ1) is 17.9. The summed E-state index contributed by atoms with van der Waals surface area (Å²) in [5.74, 6) is 2.49. The molecule has 1 aromatic carbocycles. The molecule has 138 valence electrons. The fourth-order valence-electron chi connectivity index (χ4n) is 4.14. The summed E-state index contributed by atoms with van der Waals surface area (Å²) < 4.78 is 16.1. The Labute approximate surface area is 149 Å². The van der Waals surface area contributed by atoms with Crippen molar-refractivity contribution in [3.63, 3.8) is 0 Å². The van der Waals surface area contributed by atoms with Crippen LogP contribution in [0.4, 0.5) is 0 Å². The molecule has 0 spiro atoms. The van der Waals surface area contributed by atoms with Gasteiger partial charge in [0.1, 0.15) is 0 Å². The van der Waals surface area contributed by atoms with Gasteiger partial charge in [0, 0.05) is 25.7 Å². The lowest BCUT2D eigenvalue weighted by Crippen LogP contribution is -2.47. The highest BCUT2D eigenvalue weighted by Gasteiger charge is 2.36. The van der Waals surface area contributed by atoms with E-state index in [1.165, 1.54) is 6.42 Å². The normalized spacial score (nSPS) is 23.3. The fraction of sp³-hybridized carbons (Fsp3) is 0.632. The number of piperidine rings is 1. The molecule has 3 saturated heterocycles. The van der Waals surface area contributed by atoms with Crippen molar-refractivity contribution in [2.45, 2.75) is 25.3 Å². The van der Waals surface area contributed by atoms with Crippen LogP contribution < -0.4 is 14.2 Å². The van der Waals surface area contributed by atoms with Crippen LogP contribution >= 0.6 is 0 Å². The minimum absolute atomic E-state index is 0.180. The third-order valence-electron chi connectivity index (χ3n) is 5.30. The number of nitrogens with zero attached hydrogens (tertiary/aromatic N) is 2. The van der Waals surface area contributed by atoms with Crippen LogP contribution in [-0.4, -0.2) is 69.8 Å². The first-order chi connectivity index (χ1) is 12.0. The molecular weight excluding hydrogens is 320 g/mol. The van der Waals surface area contributed by atoms with Gasteiger partial charge in [-0.05, 0) is 43.5 Å². The van der Waals surface area contributed by atoms with Crippen LogP contribution in [0.2, 0.25) is 0 Å². The van der Waals surface area contributed by atoms with Crippen LogP contribution in [-0.2, 0) is 11.2 Å². The summed E-state index contributed by atoms with van der Waals surface area (Å²) in [6.45, 7) is 2.93. The topological polar surface area (TPSA) is 51.2 Å².